The summed E-state index contributed by atoms with van der Waals surface area (Å²) in [6.45, 7) is 6.18. The molecule has 0 N–H and O–H groups in total. The average Bonchev–Trinajstić information content (AvgIpc) is 3.39. The minimum atomic E-state index is -0.844. The summed E-state index contributed by atoms with van der Waals surface area (Å²) in [5.41, 5.74) is 0. The van der Waals surface area contributed by atoms with Crippen molar-refractivity contribution in [3.63, 3.8) is 0 Å². The minimum Gasteiger partial charge on any atom is -0.462 e. The van der Waals surface area contributed by atoms with Crippen LogP contribution in [0.5, 0.6) is 0 Å². The molecule has 0 aliphatic heterocycles. The summed E-state index contributed by atoms with van der Waals surface area (Å²) in [5.74, 6) is -1.06. The van der Waals surface area contributed by atoms with E-state index in [0.717, 1.165) is 167 Å². The molecule has 1 unspecified atom stereocenters. The van der Waals surface area contributed by atoms with Crippen LogP contribution >= 0.6 is 0 Å². The van der Waals surface area contributed by atoms with Crippen LogP contribution in [0.15, 0.2) is 170 Å². The van der Waals surface area contributed by atoms with E-state index in [0.29, 0.717) is 19.3 Å². The van der Waals surface area contributed by atoms with Gasteiger partial charge in [-0.3, -0.25) is 14.4 Å². The summed E-state index contributed by atoms with van der Waals surface area (Å²) in [4.78, 5) is 38.2. The van der Waals surface area contributed by atoms with Gasteiger partial charge in [0.25, 0.3) is 0 Å². The first-order chi connectivity index (χ1) is 36.0. The third-order valence-electron chi connectivity index (χ3n) is 11.2. The highest BCUT2D eigenvalue weighted by atomic mass is 16.6. The fraction of sp³-hybridized carbons (Fsp3) is 0.537. The molecule has 0 aromatic heterocycles. The van der Waals surface area contributed by atoms with Crippen LogP contribution in [0.2, 0.25) is 0 Å². The number of hydrogen-bond donors (Lipinski definition) is 0. The van der Waals surface area contributed by atoms with E-state index in [1.54, 1.807) is 0 Å². The van der Waals surface area contributed by atoms with E-state index in [1.165, 1.54) is 0 Å². The van der Waals surface area contributed by atoms with Gasteiger partial charge in [0.2, 0.25) is 0 Å². The first kappa shape index (κ1) is 67.8. The molecular weight excluding hydrogens is 901 g/mol. The summed E-state index contributed by atoms with van der Waals surface area (Å²) >= 11 is 0. The van der Waals surface area contributed by atoms with E-state index in [9.17, 15) is 14.4 Å². The van der Waals surface area contributed by atoms with E-state index in [1.807, 2.05) is 12.2 Å². The minimum absolute atomic E-state index is 0.132. The summed E-state index contributed by atoms with van der Waals surface area (Å²) in [5, 5.41) is 0. The smallest absolute Gasteiger partial charge is 0.306 e. The van der Waals surface area contributed by atoms with Crippen molar-refractivity contribution in [2.24, 2.45) is 0 Å². The van der Waals surface area contributed by atoms with Crippen molar-refractivity contribution >= 4 is 17.9 Å². The maximum absolute atomic E-state index is 12.8. The summed E-state index contributed by atoms with van der Waals surface area (Å²) in [7, 11) is 0. The third kappa shape index (κ3) is 57.5. The summed E-state index contributed by atoms with van der Waals surface area (Å²) < 4.78 is 16.8. The SMILES string of the molecule is CC/C=C\C/C=C\C/C=C\C/C=C\C/C=C\C/C=C\CCC(=O)OC(COC(=O)CCCCCCC/C=C\C/C=C\C/C=C\CC)COC(=O)CCCCCCC/C=C\C/C=C\C/C=C\C/C=C\C/C=C\CC. The molecule has 0 radical (unpaired) electrons. The molecule has 406 valence electrons. The Labute approximate surface area is 447 Å². The van der Waals surface area contributed by atoms with Crippen LogP contribution in [0.25, 0.3) is 0 Å². The average molecular weight is 1000 g/mol. The second-order valence-corrected chi connectivity index (χ2v) is 18.0. The molecule has 0 fully saturated rings. The van der Waals surface area contributed by atoms with Crippen molar-refractivity contribution in [3.05, 3.63) is 170 Å². The molecule has 0 aromatic rings. The van der Waals surface area contributed by atoms with Crippen LogP contribution in [0.4, 0.5) is 0 Å². The first-order valence-corrected chi connectivity index (χ1v) is 28.6. The van der Waals surface area contributed by atoms with Crippen molar-refractivity contribution in [1.29, 1.82) is 0 Å². The lowest BCUT2D eigenvalue weighted by Crippen LogP contribution is -2.30. The van der Waals surface area contributed by atoms with E-state index >= 15 is 0 Å². The lowest BCUT2D eigenvalue weighted by Gasteiger charge is -2.18. The molecule has 0 aliphatic carbocycles. The Hall–Kier alpha value is -5.23. The van der Waals surface area contributed by atoms with Gasteiger partial charge in [0.05, 0.1) is 0 Å². The molecule has 0 bridgehead atoms. The van der Waals surface area contributed by atoms with Crippen molar-refractivity contribution in [3.8, 4) is 0 Å². The molecule has 73 heavy (non-hydrogen) atoms. The zero-order valence-electron chi connectivity index (χ0n) is 46.3. The molecule has 0 saturated heterocycles. The van der Waals surface area contributed by atoms with E-state index < -0.39 is 12.1 Å². The number of ether oxygens (including phenoxy) is 3. The highest BCUT2D eigenvalue weighted by Gasteiger charge is 2.19. The van der Waals surface area contributed by atoms with Crippen LogP contribution in [-0.2, 0) is 28.6 Å². The van der Waals surface area contributed by atoms with Gasteiger partial charge in [0.1, 0.15) is 13.2 Å². The Bertz CT molecular complexity index is 1720. The van der Waals surface area contributed by atoms with Gasteiger partial charge in [-0.1, -0.05) is 229 Å². The number of allylic oxidation sites excluding steroid dienone is 28. The maximum Gasteiger partial charge on any atom is 0.306 e. The Balaban J connectivity index is 4.60. The molecule has 0 aliphatic rings. The molecule has 6 nitrogen and oxygen atoms in total. The van der Waals surface area contributed by atoms with Crippen molar-refractivity contribution in [1.82, 2.24) is 0 Å². The van der Waals surface area contributed by atoms with Gasteiger partial charge in [0, 0.05) is 19.3 Å². The number of carbonyl (C=O) groups is 3. The van der Waals surface area contributed by atoms with Gasteiger partial charge in [-0.15, -0.1) is 0 Å². The number of rotatable bonds is 49. The number of hydrogen-bond acceptors (Lipinski definition) is 6. The quantitative estimate of drug-likeness (QED) is 0.0261. The first-order valence-electron chi connectivity index (χ1n) is 28.6. The zero-order valence-corrected chi connectivity index (χ0v) is 46.3. The van der Waals surface area contributed by atoms with Crippen LogP contribution in [0.1, 0.15) is 213 Å². The predicted octanol–water partition coefficient (Wildman–Crippen LogP) is 19.5. The second kappa shape index (κ2) is 59.3. The third-order valence-corrected chi connectivity index (χ3v) is 11.2. The molecule has 0 heterocycles. The zero-order chi connectivity index (χ0) is 52.9. The highest BCUT2D eigenvalue weighted by Crippen LogP contribution is 2.12. The van der Waals surface area contributed by atoms with Crippen molar-refractivity contribution in [2.45, 2.75) is 219 Å². The number of carbonyl (C=O) groups excluding carboxylic acids is 3. The molecule has 1 atom stereocenters. The number of unbranched alkanes of at least 4 members (excludes halogenated alkanes) is 10. The van der Waals surface area contributed by atoms with E-state index in [2.05, 4.69) is 179 Å². The molecule has 6 heteroatoms. The predicted molar refractivity (Wildman–Crippen MR) is 315 cm³/mol. The Morgan fingerprint density at radius 1 is 0.274 bits per heavy atom. The normalized spacial score (nSPS) is 13.4. The van der Waals surface area contributed by atoms with Gasteiger partial charge < -0.3 is 14.2 Å². The molecular formula is C67H102O6. The fourth-order valence-corrected chi connectivity index (χ4v) is 7.04. The Morgan fingerprint density at radius 3 is 0.822 bits per heavy atom. The van der Waals surface area contributed by atoms with Crippen LogP contribution in [-0.4, -0.2) is 37.2 Å². The maximum atomic E-state index is 12.8. The van der Waals surface area contributed by atoms with Gasteiger partial charge >= 0.3 is 17.9 Å². The lowest BCUT2D eigenvalue weighted by atomic mass is 10.1. The van der Waals surface area contributed by atoms with Gasteiger partial charge in [0.15, 0.2) is 6.10 Å². The van der Waals surface area contributed by atoms with Crippen LogP contribution in [0.3, 0.4) is 0 Å². The second-order valence-electron chi connectivity index (χ2n) is 18.0. The molecule has 0 spiro atoms. The molecule has 0 aromatic carbocycles. The monoisotopic (exact) mass is 1000 g/mol. The molecule has 0 rings (SSSR count). The van der Waals surface area contributed by atoms with Crippen molar-refractivity contribution < 1.29 is 28.6 Å². The summed E-state index contributed by atoms with van der Waals surface area (Å²) in [6.07, 6.45) is 87.8. The largest absolute Gasteiger partial charge is 0.462 e. The lowest BCUT2D eigenvalue weighted by molar-refractivity contribution is -0.166. The molecule has 0 amide bonds. The topological polar surface area (TPSA) is 78.9 Å². The molecule has 0 saturated carbocycles. The van der Waals surface area contributed by atoms with Gasteiger partial charge in [-0.2, -0.15) is 0 Å². The van der Waals surface area contributed by atoms with Gasteiger partial charge in [-0.25, -0.2) is 0 Å². The van der Waals surface area contributed by atoms with Crippen molar-refractivity contribution in [2.75, 3.05) is 13.2 Å². The van der Waals surface area contributed by atoms with E-state index in [-0.39, 0.29) is 31.6 Å². The van der Waals surface area contributed by atoms with E-state index in [4.69, 9.17) is 14.2 Å². The van der Waals surface area contributed by atoms with Crippen LogP contribution < -0.4 is 0 Å². The Morgan fingerprint density at radius 2 is 0.521 bits per heavy atom. The Kier molecular flexibility index (Phi) is 55.1. The standard InChI is InChI=1S/C67H102O6/c1-4-7-10-13-16-19-22-25-28-30-32-33-35-36-39-42-45-48-51-54-57-60-66(69)72-63-64(62-71-65(68)59-56-53-50-47-44-41-38-27-24-21-18-15-12-9-6-3)73-67(70)61-58-55-52-49-46-43-40-37-34-31-29-26-23-20-17-14-11-8-5-2/h7-12,16-21,25-29,32-34,36-39,43,46,52,55,64H,4-6,13-15,22-24,30-31,35,40-42,44-45,47-51,53-54,56-63H2,1-3H3/b10-7-,11-8-,12-9-,19-16-,20-17-,21-18-,28-25-,29-26-,33-32-,37-34-,38-27-,39-36-,46-43-,55-52-. The van der Waals surface area contributed by atoms with Crippen LogP contribution in [0, 0.1) is 0 Å². The van der Waals surface area contributed by atoms with Gasteiger partial charge in [-0.05, 0) is 135 Å². The highest BCUT2D eigenvalue weighted by molar-refractivity contribution is 5.71. The fourth-order valence-electron chi connectivity index (χ4n) is 7.04. The number of esters is 3. The summed E-state index contributed by atoms with van der Waals surface area (Å²) in [6, 6.07) is 0.